The first-order valence-corrected chi connectivity index (χ1v) is 18.0. The third kappa shape index (κ3) is 10.0. The van der Waals surface area contributed by atoms with Crippen molar-refractivity contribution in [2.24, 2.45) is 29.4 Å². The molecule has 2 aliphatic carbocycles. The summed E-state index contributed by atoms with van der Waals surface area (Å²) in [6.07, 6.45) is 9.71. The largest absolute Gasteiger partial charge is 0.393 e. The summed E-state index contributed by atoms with van der Waals surface area (Å²) in [5.74, 6) is 1.69. The van der Waals surface area contributed by atoms with Crippen molar-refractivity contribution in [2.45, 2.75) is 164 Å². The van der Waals surface area contributed by atoms with Gasteiger partial charge in [-0.2, -0.15) is 0 Å². The fourth-order valence-corrected chi connectivity index (χ4v) is 9.21. The maximum absolute atomic E-state index is 11.3. The summed E-state index contributed by atoms with van der Waals surface area (Å²) in [6.45, 7) is 3.42. The number of hydrogen-bond donors (Lipinski definition) is 7. The first-order chi connectivity index (χ1) is 21.7. The van der Waals surface area contributed by atoms with Crippen molar-refractivity contribution in [1.82, 2.24) is 10.6 Å². The van der Waals surface area contributed by atoms with Gasteiger partial charge in [-0.1, -0.05) is 0 Å². The van der Waals surface area contributed by atoms with E-state index in [1.165, 1.54) is 19.3 Å². The average Bonchev–Trinajstić information content (AvgIpc) is 3.02. The fourth-order valence-electron chi connectivity index (χ4n) is 9.21. The molecule has 0 aromatic carbocycles. The molecule has 15 unspecified atom stereocenters. The summed E-state index contributed by atoms with van der Waals surface area (Å²) in [4.78, 5) is 0. The van der Waals surface area contributed by atoms with E-state index in [1.54, 1.807) is 7.11 Å². The minimum Gasteiger partial charge on any atom is -0.393 e. The Kier molecular flexibility index (Phi) is 13.8. The van der Waals surface area contributed by atoms with E-state index >= 15 is 0 Å². The van der Waals surface area contributed by atoms with Gasteiger partial charge in [0.1, 0.15) is 12.9 Å². The minimum atomic E-state index is -0.701. The van der Waals surface area contributed by atoms with Gasteiger partial charge >= 0.3 is 0 Å². The first-order valence-electron chi connectivity index (χ1n) is 18.0. The van der Waals surface area contributed by atoms with E-state index in [-0.39, 0.29) is 55.4 Å². The highest BCUT2D eigenvalue weighted by atomic mass is 16.6. The molecule has 0 amide bonds. The molecule has 0 aromatic rings. The van der Waals surface area contributed by atoms with Crippen LogP contribution < -0.4 is 16.4 Å². The molecule has 2 saturated carbocycles. The van der Waals surface area contributed by atoms with E-state index in [2.05, 4.69) is 17.6 Å². The quantitative estimate of drug-likeness (QED) is 0.155. The smallest absolute Gasteiger partial charge is 0.144 e. The maximum Gasteiger partial charge on any atom is 0.144 e. The Balaban J connectivity index is 1.15. The molecule has 15 atom stereocenters. The summed E-state index contributed by atoms with van der Waals surface area (Å²) in [5.41, 5.74) is 6.21. The van der Waals surface area contributed by atoms with E-state index in [4.69, 9.17) is 24.7 Å². The standard InChI is InChI=1S/C34H63N3O8/c1-20-3-6-23(11-22-9-10-36-33(35)13-22)27(37-20)18-43-32-15-24(14-31(42-2)34(32)41)29-17-25(39)16-26(45-29)7-4-21-5-8-28(40)30(12-21)44-19-38/h20-34,36-41H,3-19,35H2,1-2H3. The van der Waals surface area contributed by atoms with Crippen LogP contribution in [0.15, 0.2) is 0 Å². The number of rotatable bonds is 12. The van der Waals surface area contributed by atoms with Crippen molar-refractivity contribution in [3.8, 4) is 0 Å². The van der Waals surface area contributed by atoms with Crippen LogP contribution in [-0.2, 0) is 18.9 Å². The van der Waals surface area contributed by atoms with Crippen molar-refractivity contribution in [3.63, 3.8) is 0 Å². The number of ether oxygens (including phenoxy) is 4. The van der Waals surface area contributed by atoms with Gasteiger partial charge in [-0.3, -0.25) is 0 Å². The van der Waals surface area contributed by atoms with Gasteiger partial charge in [-0.15, -0.1) is 0 Å². The van der Waals surface area contributed by atoms with Crippen LogP contribution in [0.2, 0.25) is 0 Å². The zero-order valence-electron chi connectivity index (χ0n) is 27.7. The Labute approximate surface area is 270 Å². The lowest BCUT2D eigenvalue weighted by atomic mass is 9.76. The number of hydrogen-bond acceptors (Lipinski definition) is 11. The fraction of sp³-hybridized carbons (Fsp3) is 1.00. The Morgan fingerprint density at radius 1 is 0.844 bits per heavy atom. The Morgan fingerprint density at radius 3 is 2.44 bits per heavy atom. The van der Waals surface area contributed by atoms with Crippen LogP contribution in [-0.4, -0.2) is 115 Å². The van der Waals surface area contributed by atoms with Crippen LogP contribution in [0.1, 0.15) is 96.8 Å². The molecule has 5 rings (SSSR count). The molecule has 3 heterocycles. The van der Waals surface area contributed by atoms with Crippen LogP contribution in [0.3, 0.4) is 0 Å². The molecule has 0 bridgehead atoms. The van der Waals surface area contributed by atoms with Crippen LogP contribution in [0.25, 0.3) is 0 Å². The lowest BCUT2D eigenvalue weighted by Gasteiger charge is -2.45. The molecule has 0 radical (unpaired) electrons. The monoisotopic (exact) mass is 641 g/mol. The van der Waals surface area contributed by atoms with Crippen LogP contribution >= 0.6 is 0 Å². The molecular weight excluding hydrogens is 578 g/mol. The topological polar surface area (TPSA) is 168 Å². The van der Waals surface area contributed by atoms with Gasteiger partial charge in [0.15, 0.2) is 0 Å². The van der Waals surface area contributed by atoms with E-state index in [1.807, 2.05) is 0 Å². The highest BCUT2D eigenvalue weighted by molar-refractivity contribution is 4.95. The molecule has 11 heteroatoms. The van der Waals surface area contributed by atoms with E-state index < -0.39 is 18.3 Å². The molecule has 3 aliphatic heterocycles. The lowest BCUT2D eigenvalue weighted by Crippen LogP contribution is -2.54. The van der Waals surface area contributed by atoms with Gasteiger partial charge in [0.2, 0.25) is 0 Å². The Hall–Kier alpha value is -0.440. The predicted octanol–water partition coefficient (Wildman–Crippen LogP) is 1.77. The van der Waals surface area contributed by atoms with E-state index in [0.29, 0.717) is 62.5 Å². The van der Waals surface area contributed by atoms with Crippen molar-refractivity contribution in [3.05, 3.63) is 0 Å². The normalized spacial score (nSPS) is 46.6. The number of methoxy groups -OCH3 is 1. The lowest BCUT2D eigenvalue weighted by molar-refractivity contribution is -0.179. The molecule has 11 nitrogen and oxygen atoms in total. The Bertz CT molecular complexity index is 873. The summed E-state index contributed by atoms with van der Waals surface area (Å²) >= 11 is 0. The summed E-state index contributed by atoms with van der Waals surface area (Å²) in [7, 11) is 1.66. The third-order valence-electron chi connectivity index (χ3n) is 11.8. The summed E-state index contributed by atoms with van der Waals surface area (Å²) in [6, 6.07) is 0.690. The number of nitrogens with two attached hydrogens (primary N) is 1. The van der Waals surface area contributed by atoms with Crippen molar-refractivity contribution >= 4 is 0 Å². The second-order valence-electron chi connectivity index (χ2n) is 15.1. The van der Waals surface area contributed by atoms with Crippen molar-refractivity contribution in [2.75, 3.05) is 27.1 Å². The van der Waals surface area contributed by atoms with Crippen LogP contribution in [0.4, 0.5) is 0 Å². The molecule has 3 saturated heterocycles. The van der Waals surface area contributed by atoms with Gasteiger partial charge in [-0.25, -0.2) is 0 Å². The highest BCUT2D eigenvalue weighted by Gasteiger charge is 2.44. The third-order valence-corrected chi connectivity index (χ3v) is 11.8. The predicted molar refractivity (Wildman–Crippen MR) is 170 cm³/mol. The van der Waals surface area contributed by atoms with Gasteiger partial charge < -0.3 is 55.7 Å². The number of piperidine rings is 2. The molecule has 0 aromatic heterocycles. The second kappa shape index (κ2) is 17.3. The first kappa shape index (κ1) is 35.9. The molecule has 262 valence electrons. The maximum atomic E-state index is 11.3. The highest BCUT2D eigenvalue weighted by Crippen LogP contribution is 2.39. The van der Waals surface area contributed by atoms with Crippen molar-refractivity contribution < 1.29 is 39.4 Å². The molecule has 45 heavy (non-hydrogen) atoms. The van der Waals surface area contributed by atoms with Gasteiger partial charge in [-0.05, 0) is 127 Å². The van der Waals surface area contributed by atoms with Gasteiger partial charge in [0, 0.05) is 19.2 Å². The molecule has 5 fully saturated rings. The number of nitrogens with one attached hydrogen (secondary N) is 2. The average molecular weight is 642 g/mol. The molecule has 5 aliphatic rings. The van der Waals surface area contributed by atoms with Gasteiger partial charge in [0.05, 0.1) is 55.5 Å². The molecular formula is C34H63N3O8. The second-order valence-corrected chi connectivity index (χ2v) is 15.1. The van der Waals surface area contributed by atoms with Crippen LogP contribution in [0.5, 0.6) is 0 Å². The SMILES string of the molecule is COC1CC(C2CC(O)CC(CCC3CCC(O)C(OCO)C3)O2)CC(OCC2NC(C)CCC2CC2CCNC(N)C2)C1O. The minimum absolute atomic E-state index is 0.0354. The Morgan fingerprint density at radius 2 is 1.67 bits per heavy atom. The summed E-state index contributed by atoms with van der Waals surface area (Å²) < 4.78 is 24.4. The van der Waals surface area contributed by atoms with E-state index in [0.717, 1.165) is 45.1 Å². The summed E-state index contributed by atoms with van der Waals surface area (Å²) in [5, 5.41) is 48.7. The molecule has 8 N–H and O–H groups in total. The van der Waals surface area contributed by atoms with Crippen LogP contribution in [0, 0.1) is 23.7 Å². The number of aliphatic hydroxyl groups is 4. The van der Waals surface area contributed by atoms with Gasteiger partial charge in [0.25, 0.3) is 0 Å². The molecule has 0 spiro atoms. The zero-order chi connectivity index (χ0) is 31.9. The van der Waals surface area contributed by atoms with E-state index in [9.17, 15) is 20.4 Å². The number of aliphatic hydroxyl groups excluding tert-OH is 4. The zero-order valence-corrected chi connectivity index (χ0v) is 27.7. The van der Waals surface area contributed by atoms with Crippen molar-refractivity contribution in [1.29, 1.82) is 0 Å².